The number of rotatable bonds is 4. The van der Waals surface area contributed by atoms with Gasteiger partial charge in [0, 0.05) is 12.7 Å². The number of anilines is 2. The summed E-state index contributed by atoms with van der Waals surface area (Å²) in [5.74, 6) is -0.647. The van der Waals surface area contributed by atoms with Crippen LogP contribution in [0.2, 0.25) is 5.02 Å². The van der Waals surface area contributed by atoms with Gasteiger partial charge >= 0.3 is 0 Å². The maximum atomic E-state index is 12.7. The molecule has 0 aromatic heterocycles. The van der Waals surface area contributed by atoms with Gasteiger partial charge < -0.3 is 10.6 Å². The molecular formula is C16H14ClN3O4S. The normalized spacial score (nSPS) is 13.1. The minimum Gasteiger partial charge on any atom is -0.355 e. The van der Waals surface area contributed by atoms with Crippen LogP contribution < -0.4 is 15.4 Å². The summed E-state index contributed by atoms with van der Waals surface area (Å²) in [6.07, 6.45) is 0.0872. The maximum absolute atomic E-state index is 12.7. The molecule has 0 radical (unpaired) electrons. The van der Waals surface area contributed by atoms with Crippen molar-refractivity contribution in [2.24, 2.45) is 0 Å². The van der Waals surface area contributed by atoms with E-state index in [4.69, 9.17) is 11.6 Å². The predicted octanol–water partition coefficient (Wildman–Crippen LogP) is 1.99. The fourth-order valence-corrected chi connectivity index (χ4v) is 4.19. The fraction of sp³-hybridized carbons (Fsp3) is 0.125. The number of fused-ring (bicyclic) bond motifs is 1. The highest BCUT2D eigenvalue weighted by Gasteiger charge is 2.26. The summed E-state index contributed by atoms with van der Waals surface area (Å²) >= 11 is 6.09. The van der Waals surface area contributed by atoms with Gasteiger partial charge in [-0.1, -0.05) is 23.7 Å². The zero-order chi connectivity index (χ0) is 18.2. The monoisotopic (exact) mass is 379 g/mol. The van der Waals surface area contributed by atoms with E-state index in [2.05, 4.69) is 15.4 Å². The molecule has 3 N–H and O–H groups in total. The van der Waals surface area contributed by atoms with Crippen LogP contribution in [0.5, 0.6) is 0 Å². The van der Waals surface area contributed by atoms with Gasteiger partial charge in [0.1, 0.15) is 4.90 Å². The summed E-state index contributed by atoms with van der Waals surface area (Å²) in [7, 11) is -2.59. The van der Waals surface area contributed by atoms with Crippen LogP contribution in [0.25, 0.3) is 0 Å². The summed E-state index contributed by atoms with van der Waals surface area (Å²) < 4.78 is 27.9. The van der Waals surface area contributed by atoms with Crippen molar-refractivity contribution >= 4 is 44.8 Å². The summed E-state index contributed by atoms with van der Waals surface area (Å²) in [5.41, 5.74) is 1.37. The smallest absolute Gasteiger partial charge is 0.263 e. The van der Waals surface area contributed by atoms with E-state index in [9.17, 15) is 18.0 Å². The molecule has 0 atom stereocenters. The molecule has 130 valence electrons. The fourth-order valence-electron chi connectivity index (χ4n) is 2.54. The number of hydrogen-bond donors (Lipinski definition) is 3. The van der Waals surface area contributed by atoms with Crippen molar-refractivity contribution in [1.82, 2.24) is 5.32 Å². The number of sulfonamides is 1. The van der Waals surface area contributed by atoms with Crippen molar-refractivity contribution in [2.75, 3.05) is 17.1 Å². The number of carbonyl (C=O) groups is 2. The van der Waals surface area contributed by atoms with E-state index >= 15 is 0 Å². The standard InChI is InChI=1S/C16H14ClN3O4S/c1-18-16(22)10-4-2-3-5-12(10)20-25(23,24)14-6-9-7-15(21)19-13(9)8-11(14)17/h2-6,8,20H,7H2,1H3,(H,18,22)(H,19,21). The van der Waals surface area contributed by atoms with E-state index in [-0.39, 0.29) is 33.5 Å². The predicted molar refractivity (Wildman–Crippen MR) is 94.4 cm³/mol. The molecule has 1 aliphatic rings. The lowest BCUT2D eigenvalue weighted by Gasteiger charge is -2.13. The van der Waals surface area contributed by atoms with Gasteiger partial charge in [-0.15, -0.1) is 0 Å². The first kappa shape index (κ1) is 17.2. The molecule has 9 heteroatoms. The van der Waals surface area contributed by atoms with Crippen LogP contribution in [0.15, 0.2) is 41.3 Å². The second kappa shape index (κ2) is 6.38. The van der Waals surface area contributed by atoms with Gasteiger partial charge in [0.25, 0.3) is 15.9 Å². The van der Waals surface area contributed by atoms with Gasteiger partial charge in [-0.05, 0) is 29.8 Å². The molecule has 0 saturated carbocycles. The van der Waals surface area contributed by atoms with Gasteiger partial charge in [0.05, 0.1) is 22.7 Å². The number of para-hydroxylation sites is 1. The molecule has 0 spiro atoms. The first-order valence-electron chi connectivity index (χ1n) is 7.28. The summed E-state index contributed by atoms with van der Waals surface area (Å²) in [5, 5.41) is 5.04. The molecule has 0 fully saturated rings. The molecule has 0 unspecified atom stereocenters. The Morgan fingerprint density at radius 1 is 1.24 bits per heavy atom. The topological polar surface area (TPSA) is 104 Å². The van der Waals surface area contributed by atoms with Crippen LogP contribution in [0.4, 0.5) is 11.4 Å². The molecule has 0 aliphatic carbocycles. The van der Waals surface area contributed by atoms with Gasteiger partial charge in [-0.25, -0.2) is 8.42 Å². The van der Waals surface area contributed by atoms with Gasteiger partial charge in [0.15, 0.2) is 0 Å². The lowest BCUT2D eigenvalue weighted by Crippen LogP contribution is -2.21. The first-order chi connectivity index (χ1) is 11.8. The Labute approximate surface area is 149 Å². The molecule has 2 aromatic rings. The Kier molecular flexibility index (Phi) is 4.40. The molecule has 25 heavy (non-hydrogen) atoms. The van der Waals surface area contributed by atoms with Crippen LogP contribution in [0, 0.1) is 0 Å². The molecule has 2 aromatic carbocycles. The van der Waals surface area contributed by atoms with Crippen molar-refractivity contribution in [2.45, 2.75) is 11.3 Å². The van der Waals surface area contributed by atoms with E-state index in [1.54, 1.807) is 12.1 Å². The van der Waals surface area contributed by atoms with Crippen molar-refractivity contribution in [3.63, 3.8) is 0 Å². The van der Waals surface area contributed by atoms with E-state index in [1.807, 2.05) is 0 Å². The van der Waals surface area contributed by atoms with E-state index in [0.29, 0.717) is 11.3 Å². The number of amides is 2. The minimum absolute atomic E-state index is 0.0223. The first-order valence-corrected chi connectivity index (χ1v) is 9.14. The Morgan fingerprint density at radius 3 is 2.68 bits per heavy atom. The second-order valence-electron chi connectivity index (χ2n) is 5.39. The zero-order valence-corrected chi connectivity index (χ0v) is 14.7. The van der Waals surface area contributed by atoms with Crippen molar-refractivity contribution in [1.29, 1.82) is 0 Å². The second-order valence-corrected chi connectivity index (χ2v) is 7.45. The molecular weight excluding hydrogens is 366 g/mol. The lowest BCUT2D eigenvalue weighted by atomic mass is 10.2. The van der Waals surface area contributed by atoms with Crippen molar-refractivity contribution in [3.05, 3.63) is 52.5 Å². The van der Waals surface area contributed by atoms with Crippen LogP contribution in [-0.4, -0.2) is 27.3 Å². The zero-order valence-electron chi connectivity index (χ0n) is 13.1. The highest BCUT2D eigenvalue weighted by Crippen LogP contribution is 2.33. The summed E-state index contributed by atoms with van der Waals surface area (Å²) in [6, 6.07) is 8.98. The Morgan fingerprint density at radius 2 is 1.96 bits per heavy atom. The van der Waals surface area contributed by atoms with E-state index < -0.39 is 15.9 Å². The SMILES string of the molecule is CNC(=O)c1ccccc1NS(=O)(=O)c1cc2c(cc1Cl)NC(=O)C2. The highest BCUT2D eigenvalue weighted by molar-refractivity contribution is 7.92. The Balaban J connectivity index is 2.01. The van der Waals surface area contributed by atoms with Crippen LogP contribution in [0.1, 0.15) is 15.9 Å². The van der Waals surface area contributed by atoms with Crippen LogP contribution >= 0.6 is 11.6 Å². The van der Waals surface area contributed by atoms with Crippen molar-refractivity contribution in [3.8, 4) is 0 Å². The van der Waals surface area contributed by atoms with E-state index in [1.165, 1.54) is 31.3 Å². The largest absolute Gasteiger partial charge is 0.355 e. The third-order valence-corrected chi connectivity index (χ3v) is 5.55. The highest BCUT2D eigenvalue weighted by atomic mass is 35.5. The van der Waals surface area contributed by atoms with Crippen LogP contribution in [0.3, 0.4) is 0 Å². The van der Waals surface area contributed by atoms with Gasteiger partial charge in [0.2, 0.25) is 5.91 Å². The number of hydrogen-bond acceptors (Lipinski definition) is 4. The number of benzene rings is 2. The number of nitrogens with one attached hydrogen (secondary N) is 3. The van der Waals surface area contributed by atoms with Crippen molar-refractivity contribution < 1.29 is 18.0 Å². The summed E-state index contributed by atoms with van der Waals surface area (Å²) in [4.78, 5) is 23.2. The molecule has 0 saturated heterocycles. The Hall–Kier alpha value is -2.58. The molecule has 1 heterocycles. The summed E-state index contributed by atoms with van der Waals surface area (Å²) in [6.45, 7) is 0. The molecule has 0 bridgehead atoms. The molecule has 1 aliphatic heterocycles. The third-order valence-electron chi connectivity index (χ3n) is 3.72. The van der Waals surface area contributed by atoms with E-state index in [0.717, 1.165) is 0 Å². The lowest BCUT2D eigenvalue weighted by molar-refractivity contribution is -0.115. The quantitative estimate of drug-likeness (QED) is 0.755. The van der Waals surface area contributed by atoms with Gasteiger partial charge in [-0.2, -0.15) is 0 Å². The van der Waals surface area contributed by atoms with Gasteiger partial charge in [-0.3, -0.25) is 14.3 Å². The Bertz CT molecular complexity index is 989. The average Bonchev–Trinajstić information content (AvgIpc) is 2.92. The number of carbonyl (C=O) groups excluding carboxylic acids is 2. The maximum Gasteiger partial charge on any atom is 0.263 e. The number of halogens is 1. The molecule has 3 rings (SSSR count). The van der Waals surface area contributed by atoms with Crippen LogP contribution in [-0.2, 0) is 21.2 Å². The third kappa shape index (κ3) is 3.31. The molecule has 7 nitrogen and oxygen atoms in total. The average molecular weight is 380 g/mol. The minimum atomic E-state index is -4.05. The molecule has 2 amide bonds.